The summed E-state index contributed by atoms with van der Waals surface area (Å²) in [4.78, 5) is 11.1. The SMILES string of the molecule is CCCCc1c(CO)nnn1-c1cccc(NC(C)=O)c1. The molecule has 1 heterocycles. The third-order valence-corrected chi connectivity index (χ3v) is 3.17. The van der Waals surface area contributed by atoms with E-state index < -0.39 is 0 Å². The smallest absolute Gasteiger partial charge is 0.221 e. The molecule has 0 aliphatic rings. The van der Waals surface area contributed by atoms with Crippen LogP contribution in [0.2, 0.25) is 0 Å². The van der Waals surface area contributed by atoms with E-state index in [1.807, 2.05) is 24.3 Å². The molecule has 1 aromatic carbocycles. The van der Waals surface area contributed by atoms with Crippen LogP contribution in [0.3, 0.4) is 0 Å². The minimum absolute atomic E-state index is 0.118. The third kappa shape index (κ3) is 3.66. The second-order valence-electron chi connectivity index (χ2n) is 4.89. The lowest BCUT2D eigenvalue weighted by Gasteiger charge is -2.09. The number of hydrogen-bond acceptors (Lipinski definition) is 4. The summed E-state index contributed by atoms with van der Waals surface area (Å²) in [6.45, 7) is 3.47. The lowest BCUT2D eigenvalue weighted by Crippen LogP contribution is -2.08. The normalized spacial score (nSPS) is 10.6. The maximum Gasteiger partial charge on any atom is 0.221 e. The van der Waals surface area contributed by atoms with Gasteiger partial charge in [-0.1, -0.05) is 24.6 Å². The highest BCUT2D eigenvalue weighted by Gasteiger charge is 2.13. The highest BCUT2D eigenvalue weighted by Crippen LogP contribution is 2.19. The standard InChI is InChI=1S/C15H20N4O2/c1-3-4-8-15-14(10-20)17-18-19(15)13-7-5-6-12(9-13)16-11(2)21/h5-7,9,20H,3-4,8,10H2,1-2H3,(H,16,21). The van der Waals surface area contributed by atoms with Gasteiger partial charge in [0, 0.05) is 12.6 Å². The predicted molar refractivity (Wildman–Crippen MR) is 80.2 cm³/mol. The number of nitrogens with one attached hydrogen (secondary N) is 1. The van der Waals surface area contributed by atoms with E-state index in [9.17, 15) is 9.90 Å². The fraction of sp³-hybridized carbons (Fsp3) is 0.400. The molecule has 1 aromatic heterocycles. The molecule has 1 amide bonds. The maximum atomic E-state index is 11.1. The number of anilines is 1. The molecule has 0 unspecified atom stereocenters. The van der Waals surface area contributed by atoms with Crippen molar-refractivity contribution in [3.63, 3.8) is 0 Å². The Bertz CT molecular complexity index is 622. The highest BCUT2D eigenvalue weighted by atomic mass is 16.3. The van der Waals surface area contributed by atoms with Gasteiger partial charge in [0.15, 0.2) is 0 Å². The number of benzene rings is 1. The summed E-state index contributed by atoms with van der Waals surface area (Å²) in [6.07, 6.45) is 2.87. The van der Waals surface area contributed by atoms with E-state index in [4.69, 9.17) is 0 Å². The molecule has 0 bridgehead atoms. The summed E-state index contributed by atoms with van der Waals surface area (Å²) in [5.74, 6) is -0.118. The summed E-state index contributed by atoms with van der Waals surface area (Å²) in [5, 5.41) is 20.3. The van der Waals surface area contributed by atoms with Crippen LogP contribution in [0.25, 0.3) is 5.69 Å². The second kappa shape index (κ2) is 6.99. The van der Waals surface area contributed by atoms with E-state index in [0.29, 0.717) is 11.4 Å². The molecule has 2 rings (SSSR count). The molecule has 0 aliphatic heterocycles. The van der Waals surface area contributed by atoms with Gasteiger partial charge in [0.1, 0.15) is 5.69 Å². The molecule has 0 saturated heterocycles. The number of carbonyl (C=O) groups excluding carboxylic acids is 1. The largest absolute Gasteiger partial charge is 0.390 e. The Morgan fingerprint density at radius 3 is 2.90 bits per heavy atom. The molecule has 0 spiro atoms. The van der Waals surface area contributed by atoms with Crippen molar-refractivity contribution in [1.29, 1.82) is 0 Å². The number of hydrogen-bond donors (Lipinski definition) is 2. The van der Waals surface area contributed by atoms with Crippen LogP contribution in [0, 0.1) is 0 Å². The first kappa shape index (κ1) is 15.2. The van der Waals surface area contributed by atoms with Crippen LogP contribution in [0.1, 0.15) is 38.1 Å². The summed E-state index contributed by atoms with van der Waals surface area (Å²) in [7, 11) is 0. The molecule has 112 valence electrons. The van der Waals surface area contributed by atoms with Gasteiger partial charge in [-0.3, -0.25) is 4.79 Å². The number of aliphatic hydroxyl groups excluding tert-OH is 1. The Hall–Kier alpha value is -2.21. The first-order valence-electron chi connectivity index (χ1n) is 7.08. The Kier molecular flexibility index (Phi) is 5.05. The van der Waals surface area contributed by atoms with E-state index in [2.05, 4.69) is 22.6 Å². The first-order chi connectivity index (χ1) is 10.2. The first-order valence-corrected chi connectivity index (χ1v) is 7.08. The van der Waals surface area contributed by atoms with E-state index in [-0.39, 0.29) is 12.5 Å². The molecule has 0 fully saturated rings. The second-order valence-corrected chi connectivity index (χ2v) is 4.89. The molecule has 0 atom stereocenters. The quantitative estimate of drug-likeness (QED) is 0.852. The number of carbonyl (C=O) groups is 1. The van der Waals surface area contributed by atoms with Crippen LogP contribution in [0.4, 0.5) is 5.69 Å². The molecular formula is C15H20N4O2. The molecule has 0 aliphatic carbocycles. The molecule has 6 nitrogen and oxygen atoms in total. The van der Waals surface area contributed by atoms with Crippen molar-refractivity contribution in [2.75, 3.05) is 5.32 Å². The Balaban J connectivity index is 2.36. The third-order valence-electron chi connectivity index (χ3n) is 3.17. The van der Waals surface area contributed by atoms with Gasteiger partial charge in [0.25, 0.3) is 0 Å². The fourth-order valence-corrected chi connectivity index (χ4v) is 2.18. The van der Waals surface area contributed by atoms with Crippen molar-refractivity contribution in [1.82, 2.24) is 15.0 Å². The van der Waals surface area contributed by atoms with Gasteiger partial charge in [-0.15, -0.1) is 5.10 Å². The maximum absolute atomic E-state index is 11.1. The Labute approximate surface area is 123 Å². The lowest BCUT2D eigenvalue weighted by molar-refractivity contribution is -0.114. The number of aromatic nitrogens is 3. The van der Waals surface area contributed by atoms with Gasteiger partial charge >= 0.3 is 0 Å². The lowest BCUT2D eigenvalue weighted by atomic mass is 10.1. The molecule has 21 heavy (non-hydrogen) atoms. The van der Waals surface area contributed by atoms with Crippen molar-refractivity contribution in [3.05, 3.63) is 35.7 Å². The predicted octanol–water partition coefficient (Wildman–Crippen LogP) is 2.06. The minimum atomic E-state index is -0.121. The van der Waals surface area contributed by atoms with Crippen molar-refractivity contribution < 1.29 is 9.90 Å². The summed E-state index contributed by atoms with van der Waals surface area (Å²) < 4.78 is 1.73. The van der Waals surface area contributed by atoms with Gasteiger partial charge in [-0.2, -0.15) is 0 Å². The summed E-state index contributed by atoms with van der Waals surface area (Å²) in [6, 6.07) is 7.41. The highest BCUT2D eigenvalue weighted by molar-refractivity contribution is 5.88. The molecule has 0 radical (unpaired) electrons. The average molecular weight is 288 g/mol. The number of rotatable bonds is 6. The zero-order valence-electron chi connectivity index (χ0n) is 12.3. The molecular weight excluding hydrogens is 268 g/mol. The van der Waals surface area contributed by atoms with Gasteiger partial charge in [0.2, 0.25) is 5.91 Å². The Morgan fingerprint density at radius 1 is 1.43 bits per heavy atom. The van der Waals surface area contributed by atoms with Crippen molar-refractivity contribution in [3.8, 4) is 5.69 Å². The van der Waals surface area contributed by atoms with Crippen LogP contribution in [-0.4, -0.2) is 26.0 Å². The van der Waals surface area contributed by atoms with Crippen LogP contribution in [-0.2, 0) is 17.8 Å². The van der Waals surface area contributed by atoms with E-state index in [0.717, 1.165) is 30.6 Å². The number of unbranched alkanes of at least 4 members (excludes halogenated alkanes) is 1. The fourth-order valence-electron chi connectivity index (χ4n) is 2.18. The number of aliphatic hydroxyl groups is 1. The average Bonchev–Trinajstić information content (AvgIpc) is 2.87. The van der Waals surface area contributed by atoms with Crippen LogP contribution < -0.4 is 5.32 Å². The number of nitrogens with zero attached hydrogens (tertiary/aromatic N) is 3. The summed E-state index contributed by atoms with van der Waals surface area (Å²) in [5.41, 5.74) is 3.05. The van der Waals surface area contributed by atoms with E-state index in [1.165, 1.54) is 6.92 Å². The van der Waals surface area contributed by atoms with Gasteiger partial charge in [-0.05, 0) is 31.0 Å². The van der Waals surface area contributed by atoms with E-state index in [1.54, 1.807) is 4.68 Å². The number of amides is 1. The zero-order chi connectivity index (χ0) is 15.2. The summed E-state index contributed by atoms with van der Waals surface area (Å²) >= 11 is 0. The van der Waals surface area contributed by atoms with Crippen molar-refractivity contribution >= 4 is 11.6 Å². The van der Waals surface area contributed by atoms with Crippen molar-refractivity contribution in [2.45, 2.75) is 39.7 Å². The minimum Gasteiger partial charge on any atom is -0.390 e. The monoisotopic (exact) mass is 288 g/mol. The molecule has 2 N–H and O–H groups in total. The molecule has 0 saturated carbocycles. The van der Waals surface area contributed by atoms with Crippen LogP contribution >= 0.6 is 0 Å². The van der Waals surface area contributed by atoms with Gasteiger partial charge in [0.05, 0.1) is 18.0 Å². The van der Waals surface area contributed by atoms with Crippen LogP contribution in [0.5, 0.6) is 0 Å². The van der Waals surface area contributed by atoms with Crippen LogP contribution in [0.15, 0.2) is 24.3 Å². The van der Waals surface area contributed by atoms with Gasteiger partial charge in [-0.25, -0.2) is 4.68 Å². The molecule has 2 aromatic rings. The van der Waals surface area contributed by atoms with Gasteiger partial charge < -0.3 is 10.4 Å². The van der Waals surface area contributed by atoms with Crippen molar-refractivity contribution in [2.24, 2.45) is 0 Å². The topological polar surface area (TPSA) is 80.0 Å². The molecule has 6 heteroatoms. The Morgan fingerprint density at radius 2 is 2.24 bits per heavy atom. The zero-order valence-corrected chi connectivity index (χ0v) is 12.3. The van der Waals surface area contributed by atoms with E-state index >= 15 is 0 Å².